The molecule has 0 radical (unpaired) electrons. The number of benzene rings is 2. The fourth-order valence-electron chi connectivity index (χ4n) is 4.43. The average Bonchev–Trinajstić information content (AvgIpc) is 2.73. The van der Waals surface area contributed by atoms with Crippen molar-refractivity contribution in [3.63, 3.8) is 0 Å². The van der Waals surface area contributed by atoms with E-state index >= 15 is 0 Å². The summed E-state index contributed by atoms with van der Waals surface area (Å²) < 4.78 is 11.1. The number of hydrogen-bond donors (Lipinski definition) is 0. The Morgan fingerprint density at radius 1 is 1.18 bits per heavy atom. The molecule has 2 atom stereocenters. The molecule has 2 aromatic rings. The second-order valence-corrected chi connectivity index (χ2v) is 7.56. The number of hydrogen-bond acceptors (Lipinski definition) is 5. The van der Waals surface area contributed by atoms with E-state index in [0.717, 1.165) is 19.4 Å². The van der Waals surface area contributed by atoms with Crippen molar-refractivity contribution in [2.75, 3.05) is 20.3 Å². The molecule has 0 amide bonds. The maximum absolute atomic E-state index is 13.3. The summed E-state index contributed by atoms with van der Waals surface area (Å²) in [5.41, 5.74) is 2.17. The molecule has 0 spiro atoms. The van der Waals surface area contributed by atoms with E-state index in [1.807, 2.05) is 6.07 Å². The van der Waals surface area contributed by atoms with Crippen molar-refractivity contribution >= 4 is 5.78 Å². The minimum atomic E-state index is -0.0925. The summed E-state index contributed by atoms with van der Waals surface area (Å²) in [5, 5.41) is 9.43. The summed E-state index contributed by atoms with van der Waals surface area (Å²) in [6.07, 6.45) is 1.51. The SMILES string of the molecule is COc1ccc(C#N)c(C(=O)C2CC3COCC(C2)N3Cc2ccccc2)c1. The van der Waals surface area contributed by atoms with Crippen LogP contribution in [0.15, 0.2) is 48.5 Å². The Hall–Kier alpha value is -2.68. The zero-order valence-corrected chi connectivity index (χ0v) is 16.0. The molecule has 5 heteroatoms. The van der Waals surface area contributed by atoms with Crippen LogP contribution >= 0.6 is 0 Å². The van der Waals surface area contributed by atoms with Gasteiger partial charge in [-0.3, -0.25) is 9.69 Å². The van der Waals surface area contributed by atoms with Crippen LogP contribution < -0.4 is 4.74 Å². The Kier molecular flexibility index (Phi) is 5.43. The largest absolute Gasteiger partial charge is 0.497 e. The summed E-state index contributed by atoms with van der Waals surface area (Å²) in [7, 11) is 1.57. The monoisotopic (exact) mass is 376 g/mol. The standard InChI is InChI=1S/C23H24N2O3/c1-27-21-8-7-17(12-24)22(11-21)23(26)18-9-19-14-28-15-20(10-18)25(19)13-16-5-3-2-4-6-16/h2-8,11,18-20H,9-10,13-15H2,1H3. The third kappa shape index (κ3) is 3.66. The van der Waals surface area contributed by atoms with E-state index in [4.69, 9.17) is 9.47 Å². The molecule has 4 rings (SSSR count). The van der Waals surface area contributed by atoms with Gasteiger partial charge in [-0.1, -0.05) is 30.3 Å². The Labute approximate surface area is 165 Å². The van der Waals surface area contributed by atoms with Gasteiger partial charge in [-0.2, -0.15) is 5.26 Å². The highest BCUT2D eigenvalue weighted by molar-refractivity contribution is 6.00. The molecule has 2 saturated heterocycles. The number of nitrogens with zero attached hydrogens (tertiary/aromatic N) is 2. The van der Waals surface area contributed by atoms with Gasteiger partial charge in [0, 0.05) is 30.1 Å². The van der Waals surface area contributed by atoms with Gasteiger partial charge in [0.15, 0.2) is 5.78 Å². The van der Waals surface area contributed by atoms with Crippen LogP contribution in [0.25, 0.3) is 0 Å². The highest BCUT2D eigenvalue weighted by atomic mass is 16.5. The second-order valence-electron chi connectivity index (χ2n) is 7.56. The lowest BCUT2D eigenvalue weighted by atomic mass is 9.79. The van der Waals surface area contributed by atoms with Crippen LogP contribution in [0.4, 0.5) is 0 Å². The number of ether oxygens (including phenoxy) is 2. The quantitative estimate of drug-likeness (QED) is 0.748. The number of fused-ring (bicyclic) bond motifs is 2. The van der Waals surface area contributed by atoms with Crippen LogP contribution in [0, 0.1) is 17.2 Å². The topological polar surface area (TPSA) is 62.6 Å². The van der Waals surface area contributed by atoms with E-state index < -0.39 is 0 Å². The molecule has 2 bridgehead atoms. The van der Waals surface area contributed by atoms with Crippen molar-refractivity contribution in [2.24, 2.45) is 5.92 Å². The molecule has 2 aliphatic rings. The molecular formula is C23H24N2O3. The third-order valence-electron chi connectivity index (χ3n) is 5.86. The highest BCUT2D eigenvalue weighted by Gasteiger charge is 2.41. The van der Waals surface area contributed by atoms with Crippen molar-refractivity contribution in [1.82, 2.24) is 4.90 Å². The van der Waals surface area contributed by atoms with Crippen molar-refractivity contribution in [1.29, 1.82) is 5.26 Å². The van der Waals surface area contributed by atoms with Crippen LogP contribution in [0.5, 0.6) is 5.75 Å². The molecule has 0 aliphatic carbocycles. The minimum Gasteiger partial charge on any atom is -0.497 e. The minimum absolute atomic E-state index is 0.0479. The van der Waals surface area contributed by atoms with Gasteiger partial charge in [0.2, 0.25) is 0 Å². The second kappa shape index (κ2) is 8.14. The Bertz CT molecular complexity index is 876. The summed E-state index contributed by atoms with van der Waals surface area (Å²) >= 11 is 0. The van der Waals surface area contributed by atoms with Gasteiger partial charge in [0.1, 0.15) is 5.75 Å². The van der Waals surface area contributed by atoms with Crippen molar-refractivity contribution in [3.05, 3.63) is 65.2 Å². The fourth-order valence-corrected chi connectivity index (χ4v) is 4.43. The number of piperidine rings is 1. The lowest BCUT2D eigenvalue weighted by Crippen LogP contribution is -2.57. The number of Topliss-reactive ketones (excluding diaryl/α,β-unsaturated/α-hetero) is 1. The molecule has 2 aromatic carbocycles. The molecule has 2 fully saturated rings. The summed E-state index contributed by atoms with van der Waals surface area (Å²) in [6.45, 7) is 2.18. The van der Waals surface area contributed by atoms with E-state index in [0.29, 0.717) is 30.1 Å². The number of methoxy groups -OCH3 is 1. The number of carbonyl (C=O) groups is 1. The van der Waals surface area contributed by atoms with E-state index in [-0.39, 0.29) is 23.8 Å². The molecule has 0 aromatic heterocycles. The van der Waals surface area contributed by atoms with Crippen LogP contribution in [0.2, 0.25) is 0 Å². The molecule has 144 valence electrons. The number of ketones is 1. The molecule has 28 heavy (non-hydrogen) atoms. The van der Waals surface area contributed by atoms with Gasteiger partial charge in [-0.25, -0.2) is 0 Å². The molecule has 2 unspecified atom stereocenters. The first-order valence-corrected chi connectivity index (χ1v) is 9.69. The molecular weight excluding hydrogens is 352 g/mol. The maximum Gasteiger partial charge on any atom is 0.167 e. The first kappa shape index (κ1) is 18.7. The van der Waals surface area contributed by atoms with Gasteiger partial charge in [-0.15, -0.1) is 0 Å². The Morgan fingerprint density at radius 3 is 2.54 bits per heavy atom. The van der Waals surface area contributed by atoms with E-state index in [1.54, 1.807) is 25.3 Å². The zero-order chi connectivity index (χ0) is 19.5. The fraction of sp³-hybridized carbons (Fsp3) is 0.391. The lowest BCUT2D eigenvalue weighted by molar-refractivity contribution is -0.0872. The van der Waals surface area contributed by atoms with Crippen LogP contribution in [-0.2, 0) is 11.3 Å². The number of rotatable bonds is 5. The van der Waals surface area contributed by atoms with Crippen LogP contribution in [0.1, 0.15) is 34.3 Å². The predicted molar refractivity (Wildman–Crippen MR) is 105 cm³/mol. The number of carbonyl (C=O) groups excluding carboxylic acids is 1. The van der Waals surface area contributed by atoms with Gasteiger partial charge in [0.05, 0.1) is 32.0 Å². The van der Waals surface area contributed by atoms with Gasteiger partial charge < -0.3 is 9.47 Å². The van der Waals surface area contributed by atoms with Gasteiger partial charge in [0.25, 0.3) is 0 Å². The first-order valence-electron chi connectivity index (χ1n) is 9.69. The van der Waals surface area contributed by atoms with E-state index in [9.17, 15) is 10.1 Å². The van der Waals surface area contributed by atoms with Crippen LogP contribution in [0.3, 0.4) is 0 Å². The molecule has 0 saturated carbocycles. The number of nitriles is 1. The van der Waals surface area contributed by atoms with Crippen LogP contribution in [-0.4, -0.2) is 43.1 Å². The molecule has 2 heterocycles. The molecule has 2 aliphatic heterocycles. The summed E-state index contributed by atoms with van der Waals surface area (Å²) in [4.78, 5) is 15.8. The van der Waals surface area contributed by atoms with Crippen molar-refractivity contribution in [3.8, 4) is 11.8 Å². The lowest BCUT2D eigenvalue weighted by Gasteiger charge is -2.48. The Morgan fingerprint density at radius 2 is 1.89 bits per heavy atom. The zero-order valence-electron chi connectivity index (χ0n) is 16.0. The van der Waals surface area contributed by atoms with Crippen molar-refractivity contribution in [2.45, 2.75) is 31.5 Å². The third-order valence-corrected chi connectivity index (χ3v) is 5.86. The van der Waals surface area contributed by atoms with E-state index in [1.165, 1.54) is 5.56 Å². The van der Waals surface area contributed by atoms with E-state index in [2.05, 4.69) is 35.2 Å². The molecule has 5 nitrogen and oxygen atoms in total. The normalized spacial score (nSPS) is 24.4. The van der Waals surface area contributed by atoms with Crippen molar-refractivity contribution < 1.29 is 14.3 Å². The highest BCUT2D eigenvalue weighted by Crippen LogP contribution is 2.35. The summed E-state index contributed by atoms with van der Waals surface area (Å²) in [5.74, 6) is 0.559. The predicted octanol–water partition coefficient (Wildman–Crippen LogP) is 3.43. The average molecular weight is 376 g/mol. The number of morpholine rings is 1. The van der Waals surface area contributed by atoms with Gasteiger partial charge >= 0.3 is 0 Å². The summed E-state index contributed by atoms with van der Waals surface area (Å²) in [6, 6.07) is 18.1. The maximum atomic E-state index is 13.3. The van der Waals surface area contributed by atoms with Gasteiger partial charge in [-0.05, 0) is 36.6 Å². The Balaban J connectivity index is 1.54. The smallest absolute Gasteiger partial charge is 0.167 e. The molecule has 0 N–H and O–H groups in total. The first-order chi connectivity index (χ1) is 13.7.